The maximum Gasteiger partial charge on any atom is 0.223 e. The van der Waals surface area contributed by atoms with Crippen LogP contribution in [0.3, 0.4) is 0 Å². The average Bonchev–Trinajstić information content (AvgIpc) is 2.37. The van der Waals surface area contributed by atoms with Gasteiger partial charge in [-0.3, -0.25) is 0 Å². The van der Waals surface area contributed by atoms with Gasteiger partial charge in [0.25, 0.3) is 0 Å². The van der Waals surface area contributed by atoms with Gasteiger partial charge in [-0.2, -0.15) is 0 Å². The molecule has 18 heavy (non-hydrogen) atoms. The van der Waals surface area contributed by atoms with E-state index in [4.69, 9.17) is 0 Å². The largest absolute Gasteiger partial charge is 0.354 e. The molecule has 0 aromatic carbocycles. The van der Waals surface area contributed by atoms with Crippen LogP contribution in [0.25, 0.3) is 0 Å². The van der Waals surface area contributed by atoms with Crippen LogP contribution < -0.4 is 5.32 Å². The summed E-state index contributed by atoms with van der Waals surface area (Å²) in [6.45, 7) is 4.98. The fraction of sp³-hybridized carbons (Fsp3) is 0.308. The fourth-order valence-corrected chi connectivity index (χ4v) is 2.26. The van der Waals surface area contributed by atoms with Gasteiger partial charge < -0.3 is 5.32 Å². The standard InChI is InChI=1S/C13H16N4S/c1-3-7-15-13-16-10(2)9-12(17-13)18-11-6-4-5-8-14-11/h4-6,8-9H,3,7H2,1-2H3,(H,15,16,17). The summed E-state index contributed by atoms with van der Waals surface area (Å²) in [5.74, 6) is 0.690. The molecule has 0 aliphatic heterocycles. The van der Waals surface area contributed by atoms with E-state index in [-0.39, 0.29) is 0 Å². The van der Waals surface area contributed by atoms with Crippen molar-refractivity contribution >= 4 is 17.7 Å². The molecule has 4 nitrogen and oxygen atoms in total. The summed E-state index contributed by atoms with van der Waals surface area (Å²) in [6.07, 6.45) is 2.84. The van der Waals surface area contributed by atoms with Crippen LogP contribution in [0.1, 0.15) is 19.0 Å². The van der Waals surface area contributed by atoms with Crippen LogP contribution in [0.5, 0.6) is 0 Å². The lowest BCUT2D eigenvalue weighted by Gasteiger charge is -2.06. The Bertz CT molecular complexity index is 502. The van der Waals surface area contributed by atoms with Crippen LogP contribution in [0.4, 0.5) is 5.95 Å². The molecule has 2 aromatic rings. The van der Waals surface area contributed by atoms with Crippen molar-refractivity contribution in [2.45, 2.75) is 30.3 Å². The molecule has 0 unspecified atom stereocenters. The van der Waals surface area contributed by atoms with E-state index in [1.54, 1.807) is 18.0 Å². The van der Waals surface area contributed by atoms with Crippen LogP contribution in [0, 0.1) is 6.92 Å². The summed E-state index contributed by atoms with van der Waals surface area (Å²) in [6, 6.07) is 7.82. The summed E-state index contributed by atoms with van der Waals surface area (Å²) in [4.78, 5) is 13.1. The summed E-state index contributed by atoms with van der Waals surface area (Å²) >= 11 is 1.55. The highest BCUT2D eigenvalue weighted by atomic mass is 32.2. The predicted molar refractivity (Wildman–Crippen MR) is 73.9 cm³/mol. The lowest BCUT2D eigenvalue weighted by atomic mass is 10.4. The monoisotopic (exact) mass is 260 g/mol. The predicted octanol–water partition coefficient (Wildman–Crippen LogP) is 3.15. The van der Waals surface area contributed by atoms with Gasteiger partial charge in [-0.25, -0.2) is 15.0 Å². The molecule has 0 aliphatic rings. The molecule has 0 saturated heterocycles. The lowest BCUT2D eigenvalue weighted by molar-refractivity contribution is 0.923. The van der Waals surface area contributed by atoms with E-state index in [1.807, 2.05) is 31.2 Å². The molecule has 0 saturated carbocycles. The Kier molecular flexibility index (Phi) is 4.52. The van der Waals surface area contributed by atoms with Gasteiger partial charge in [0, 0.05) is 18.4 Å². The number of nitrogens with zero attached hydrogens (tertiary/aromatic N) is 3. The number of hydrogen-bond donors (Lipinski definition) is 1. The molecule has 2 rings (SSSR count). The van der Waals surface area contributed by atoms with Crippen molar-refractivity contribution in [2.75, 3.05) is 11.9 Å². The number of rotatable bonds is 5. The van der Waals surface area contributed by atoms with Gasteiger partial charge in [-0.1, -0.05) is 13.0 Å². The van der Waals surface area contributed by atoms with Gasteiger partial charge in [0.1, 0.15) is 10.1 Å². The number of aryl methyl sites for hydroxylation is 1. The van der Waals surface area contributed by atoms with Gasteiger partial charge in [-0.15, -0.1) is 0 Å². The van der Waals surface area contributed by atoms with Crippen molar-refractivity contribution in [1.29, 1.82) is 0 Å². The van der Waals surface area contributed by atoms with Crippen molar-refractivity contribution in [3.8, 4) is 0 Å². The fourth-order valence-electron chi connectivity index (χ4n) is 1.42. The van der Waals surface area contributed by atoms with E-state index in [2.05, 4.69) is 27.2 Å². The van der Waals surface area contributed by atoms with Gasteiger partial charge in [0.15, 0.2) is 0 Å². The minimum atomic E-state index is 0.690. The number of pyridine rings is 1. The molecule has 2 aromatic heterocycles. The summed E-state index contributed by atoms with van der Waals surface area (Å²) in [7, 11) is 0. The van der Waals surface area contributed by atoms with E-state index in [1.165, 1.54) is 0 Å². The second-order valence-corrected chi connectivity index (χ2v) is 4.91. The summed E-state index contributed by atoms with van der Waals surface area (Å²) < 4.78 is 0. The number of aromatic nitrogens is 3. The SMILES string of the molecule is CCCNc1nc(C)cc(Sc2ccccn2)n1. The molecule has 0 spiro atoms. The first-order valence-electron chi connectivity index (χ1n) is 5.96. The quantitative estimate of drug-likeness (QED) is 0.837. The highest BCUT2D eigenvalue weighted by molar-refractivity contribution is 7.99. The van der Waals surface area contributed by atoms with Crippen LogP contribution >= 0.6 is 11.8 Å². The van der Waals surface area contributed by atoms with Crippen molar-refractivity contribution in [1.82, 2.24) is 15.0 Å². The van der Waals surface area contributed by atoms with E-state index >= 15 is 0 Å². The zero-order valence-corrected chi connectivity index (χ0v) is 11.4. The summed E-state index contributed by atoms with van der Waals surface area (Å²) in [5, 5.41) is 5.06. The average molecular weight is 260 g/mol. The van der Waals surface area contributed by atoms with Crippen LogP contribution in [-0.4, -0.2) is 21.5 Å². The number of anilines is 1. The van der Waals surface area contributed by atoms with Gasteiger partial charge >= 0.3 is 0 Å². The Hall–Kier alpha value is -1.62. The molecule has 0 radical (unpaired) electrons. The first kappa shape index (κ1) is 12.8. The molecule has 1 N–H and O–H groups in total. The molecule has 0 aliphatic carbocycles. The third-order valence-electron chi connectivity index (χ3n) is 2.21. The third kappa shape index (κ3) is 3.70. The maximum absolute atomic E-state index is 4.47. The Labute approximate surface area is 111 Å². The second-order valence-electron chi connectivity index (χ2n) is 3.87. The van der Waals surface area contributed by atoms with Crippen LogP contribution in [-0.2, 0) is 0 Å². The van der Waals surface area contributed by atoms with Crippen molar-refractivity contribution in [3.05, 3.63) is 36.2 Å². The smallest absolute Gasteiger partial charge is 0.223 e. The van der Waals surface area contributed by atoms with E-state index < -0.39 is 0 Å². The second kappa shape index (κ2) is 6.35. The van der Waals surface area contributed by atoms with E-state index in [9.17, 15) is 0 Å². The van der Waals surface area contributed by atoms with Gasteiger partial charge in [0.2, 0.25) is 5.95 Å². The molecule has 5 heteroatoms. The zero-order chi connectivity index (χ0) is 12.8. The molecular weight excluding hydrogens is 244 g/mol. The molecule has 94 valence electrons. The highest BCUT2D eigenvalue weighted by Gasteiger charge is 2.04. The molecule has 0 bridgehead atoms. The molecule has 2 heterocycles. The highest BCUT2D eigenvalue weighted by Crippen LogP contribution is 2.24. The molecule has 0 fully saturated rings. The topological polar surface area (TPSA) is 50.7 Å². The first-order chi connectivity index (χ1) is 8.78. The third-order valence-corrected chi connectivity index (χ3v) is 3.08. The number of hydrogen-bond acceptors (Lipinski definition) is 5. The molecular formula is C13H16N4S. The van der Waals surface area contributed by atoms with Crippen molar-refractivity contribution in [3.63, 3.8) is 0 Å². The minimum Gasteiger partial charge on any atom is -0.354 e. The minimum absolute atomic E-state index is 0.690. The Morgan fingerprint density at radius 3 is 2.83 bits per heavy atom. The normalized spacial score (nSPS) is 10.3. The molecule has 0 amide bonds. The summed E-state index contributed by atoms with van der Waals surface area (Å²) in [5.41, 5.74) is 0.960. The Morgan fingerprint density at radius 2 is 2.11 bits per heavy atom. The maximum atomic E-state index is 4.47. The van der Waals surface area contributed by atoms with Gasteiger partial charge in [0.05, 0.1) is 0 Å². The van der Waals surface area contributed by atoms with Crippen molar-refractivity contribution < 1.29 is 0 Å². The van der Waals surface area contributed by atoms with Crippen LogP contribution in [0.15, 0.2) is 40.5 Å². The first-order valence-corrected chi connectivity index (χ1v) is 6.78. The van der Waals surface area contributed by atoms with Crippen molar-refractivity contribution in [2.24, 2.45) is 0 Å². The van der Waals surface area contributed by atoms with Crippen LogP contribution in [0.2, 0.25) is 0 Å². The lowest BCUT2D eigenvalue weighted by Crippen LogP contribution is -2.05. The Morgan fingerprint density at radius 1 is 1.22 bits per heavy atom. The molecule has 0 atom stereocenters. The Balaban J connectivity index is 2.15. The van der Waals surface area contributed by atoms with E-state index in [0.29, 0.717) is 5.95 Å². The zero-order valence-electron chi connectivity index (χ0n) is 10.6. The number of nitrogens with one attached hydrogen (secondary N) is 1. The van der Waals surface area contributed by atoms with E-state index in [0.717, 1.165) is 28.7 Å². The van der Waals surface area contributed by atoms with Gasteiger partial charge in [-0.05, 0) is 43.3 Å².